The Morgan fingerprint density at radius 1 is 0.846 bits per heavy atom. The van der Waals surface area contributed by atoms with E-state index in [0.717, 1.165) is 5.56 Å². The second-order valence-corrected chi connectivity index (χ2v) is 6.04. The topological polar surface area (TPSA) is 46.2 Å². The van der Waals surface area contributed by atoms with Gasteiger partial charge in [-0.3, -0.25) is 9.59 Å². The molecule has 0 aliphatic rings. The lowest BCUT2D eigenvalue weighted by atomic mass is 9.95. The molecule has 3 aromatic rings. The first-order chi connectivity index (χ1) is 12.5. The van der Waals surface area contributed by atoms with Gasteiger partial charge in [-0.2, -0.15) is 0 Å². The fourth-order valence-corrected chi connectivity index (χ4v) is 2.64. The van der Waals surface area contributed by atoms with Gasteiger partial charge in [0.1, 0.15) is 5.82 Å². The molecule has 3 rings (SSSR count). The van der Waals surface area contributed by atoms with Crippen molar-refractivity contribution < 1.29 is 14.0 Å². The molecule has 0 unspecified atom stereocenters. The molecule has 3 aromatic carbocycles. The average Bonchev–Trinajstić information content (AvgIpc) is 2.69. The standard InChI is InChI=1S/C22H18FNO2/c1-15(22(26)24-20-12-10-19(23)11-13-20)17-8-5-9-18(14-17)21(25)16-6-3-2-4-7-16/h2-15H,1H3,(H,24,26)/t15-/m0/s1. The zero-order chi connectivity index (χ0) is 18.5. The van der Waals surface area contributed by atoms with Crippen LogP contribution in [-0.4, -0.2) is 11.7 Å². The molecule has 130 valence electrons. The number of carbonyl (C=O) groups excluding carboxylic acids is 2. The second-order valence-electron chi connectivity index (χ2n) is 6.04. The highest BCUT2D eigenvalue weighted by Gasteiger charge is 2.17. The van der Waals surface area contributed by atoms with Crippen LogP contribution in [0.25, 0.3) is 0 Å². The summed E-state index contributed by atoms with van der Waals surface area (Å²) in [5.74, 6) is -1.12. The number of rotatable bonds is 5. The molecule has 1 amide bonds. The molecule has 0 bridgehead atoms. The summed E-state index contributed by atoms with van der Waals surface area (Å²) in [7, 11) is 0. The summed E-state index contributed by atoms with van der Waals surface area (Å²) in [5.41, 5.74) is 2.41. The van der Waals surface area contributed by atoms with Crippen LogP contribution in [0.3, 0.4) is 0 Å². The summed E-state index contributed by atoms with van der Waals surface area (Å²) in [6.07, 6.45) is 0. The minimum Gasteiger partial charge on any atom is -0.326 e. The van der Waals surface area contributed by atoms with E-state index in [1.165, 1.54) is 24.3 Å². The average molecular weight is 347 g/mol. The highest BCUT2D eigenvalue weighted by molar-refractivity contribution is 6.09. The van der Waals surface area contributed by atoms with Gasteiger partial charge in [0, 0.05) is 16.8 Å². The first kappa shape index (κ1) is 17.5. The molecule has 0 spiro atoms. The molecule has 1 atom stereocenters. The monoisotopic (exact) mass is 347 g/mol. The number of ketones is 1. The normalized spacial score (nSPS) is 11.6. The summed E-state index contributed by atoms with van der Waals surface area (Å²) in [6, 6.07) is 21.7. The van der Waals surface area contributed by atoms with Gasteiger partial charge in [-0.1, -0.05) is 48.5 Å². The van der Waals surface area contributed by atoms with Crippen molar-refractivity contribution in [2.24, 2.45) is 0 Å². The van der Waals surface area contributed by atoms with Crippen molar-refractivity contribution >= 4 is 17.4 Å². The van der Waals surface area contributed by atoms with E-state index in [9.17, 15) is 14.0 Å². The van der Waals surface area contributed by atoms with Gasteiger partial charge in [-0.15, -0.1) is 0 Å². The molecule has 0 saturated carbocycles. The van der Waals surface area contributed by atoms with Crippen LogP contribution in [0.4, 0.5) is 10.1 Å². The van der Waals surface area contributed by atoms with Gasteiger partial charge in [-0.25, -0.2) is 4.39 Å². The Morgan fingerprint density at radius 3 is 2.19 bits per heavy atom. The number of anilines is 1. The molecule has 4 heteroatoms. The minimum absolute atomic E-state index is 0.0846. The predicted molar refractivity (Wildman–Crippen MR) is 99.8 cm³/mol. The van der Waals surface area contributed by atoms with Crippen LogP contribution in [0.5, 0.6) is 0 Å². The zero-order valence-corrected chi connectivity index (χ0v) is 14.3. The predicted octanol–water partition coefficient (Wildman–Crippen LogP) is 4.80. The van der Waals surface area contributed by atoms with Gasteiger partial charge in [0.15, 0.2) is 5.78 Å². The third-order valence-corrected chi connectivity index (χ3v) is 4.19. The smallest absolute Gasteiger partial charge is 0.231 e. The molecule has 0 heterocycles. The fraction of sp³-hybridized carbons (Fsp3) is 0.0909. The van der Waals surface area contributed by atoms with Crippen molar-refractivity contribution in [1.29, 1.82) is 0 Å². The second kappa shape index (κ2) is 7.74. The number of hydrogen-bond donors (Lipinski definition) is 1. The van der Waals surface area contributed by atoms with Crippen LogP contribution < -0.4 is 5.32 Å². The van der Waals surface area contributed by atoms with Crippen LogP contribution in [0.1, 0.15) is 34.3 Å². The maximum atomic E-state index is 13.0. The Hall–Kier alpha value is -3.27. The third kappa shape index (κ3) is 4.03. The molecule has 0 aliphatic heterocycles. The van der Waals surface area contributed by atoms with Crippen LogP contribution in [0.2, 0.25) is 0 Å². The first-order valence-corrected chi connectivity index (χ1v) is 8.31. The number of amides is 1. The van der Waals surface area contributed by atoms with E-state index in [0.29, 0.717) is 16.8 Å². The Labute approximate surface area is 151 Å². The fourth-order valence-electron chi connectivity index (χ4n) is 2.64. The van der Waals surface area contributed by atoms with E-state index in [-0.39, 0.29) is 17.5 Å². The summed E-state index contributed by atoms with van der Waals surface area (Å²) in [4.78, 5) is 25.0. The van der Waals surface area contributed by atoms with E-state index < -0.39 is 5.92 Å². The van der Waals surface area contributed by atoms with E-state index in [1.54, 1.807) is 37.3 Å². The van der Waals surface area contributed by atoms with Crippen molar-refractivity contribution in [3.05, 3.63) is 101 Å². The maximum absolute atomic E-state index is 13.0. The maximum Gasteiger partial charge on any atom is 0.231 e. The lowest BCUT2D eigenvalue weighted by Gasteiger charge is -2.13. The highest BCUT2D eigenvalue weighted by Crippen LogP contribution is 2.21. The molecule has 0 saturated heterocycles. The molecular formula is C22H18FNO2. The van der Waals surface area contributed by atoms with E-state index in [1.807, 2.05) is 24.3 Å². The van der Waals surface area contributed by atoms with Crippen molar-refractivity contribution in [2.75, 3.05) is 5.32 Å². The zero-order valence-electron chi connectivity index (χ0n) is 14.3. The van der Waals surface area contributed by atoms with Crippen molar-refractivity contribution in [1.82, 2.24) is 0 Å². The molecule has 3 nitrogen and oxygen atoms in total. The van der Waals surface area contributed by atoms with Gasteiger partial charge < -0.3 is 5.32 Å². The number of carbonyl (C=O) groups is 2. The molecule has 26 heavy (non-hydrogen) atoms. The van der Waals surface area contributed by atoms with E-state index in [2.05, 4.69) is 5.32 Å². The van der Waals surface area contributed by atoms with Gasteiger partial charge in [0.05, 0.1) is 5.92 Å². The quantitative estimate of drug-likeness (QED) is 0.674. The molecule has 0 aliphatic carbocycles. The highest BCUT2D eigenvalue weighted by atomic mass is 19.1. The SMILES string of the molecule is C[C@H](C(=O)Nc1ccc(F)cc1)c1cccc(C(=O)c2ccccc2)c1. The molecular weight excluding hydrogens is 329 g/mol. The molecule has 0 aromatic heterocycles. The third-order valence-electron chi connectivity index (χ3n) is 4.19. The Balaban J connectivity index is 1.77. The Kier molecular flexibility index (Phi) is 5.23. The Bertz CT molecular complexity index is 920. The van der Waals surface area contributed by atoms with E-state index >= 15 is 0 Å². The van der Waals surface area contributed by atoms with Crippen LogP contribution in [0.15, 0.2) is 78.9 Å². The number of nitrogens with one attached hydrogen (secondary N) is 1. The number of hydrogen-bond acceptors (Lipinski definition) is 2. The Morgan fingerprint density at radius 2 is 1.50 bits per heavy atom. The lowest BCUT2D eigenvalue weighted by molar-refractivity contribution is -0.117. The molecule has 0 radical (unpaired) electrons. The van der Waals surface area contributed by atoms with Crippen molar-refractivity contribution in [3.63, 3.8) is 0 Å². The van der Waals surface area contributed by atoms with E-state index in [4.69, 9.17) is 0 Å². The van der Waals surface area contributed by atoms with Crippen LogP contribution >= 0.6 is 0 Å². The summed E-state index contributed by atoms with van der Waals surface area (Å²) in [6.45, 7) is 1.77. The van der Waals surface area contributed by atoms with Gasteiger partial charge in [0.2, 0.25) is 5.91 Å². The summed E-state index contributed by atoms with van der Waals surface area (Å²) >= 11 is 0. The minimum atomic E-state index is -0.455. The van der Waals surface area contributed by atoms with Crippen molar-refractivity contribution in [3.8, 4) is 0 Å². The number of halogens is 1. The van der Waals surface area contributed by atoms with Crippen molar-refractivity contribution in [2.45, 2.75) is 12.8 Å². The van der Waals surface area contributed by atoms with Crippen LogP contribution in [0, 0.1) is 5.82 Å². The largest absolute Gasteiger partial charge is 0.326 e. The first-order valence-electron chi connectivity index (χ1n) is 8.31. The van der Waals surface area contributed by atoms with Gasteiger partial charge in [-0.05, 0) is 42.8 Å². The lowest BCUT2D eigenvalue weighted by Crippen LogP contribution is -2.19. The number of benzene rings is 3. The molecule has 1 N–H and O–H groups in total. The van der Waals surface area contributed by atoms with Gasteiger partial charge in [0.25, 0.3) is 0 Å². The molecule has 0 fully saturated rings. The van der Waals surface area contributed by atoms with Gasteiger partial charge >= 0.3 is 0 Å². The van der Waals surface area contributed by atoms with Crippen LogP contribution in [-0.2, 0) is 4.79 Å². The summed E-state index contributed by atoms with van der Waals surface area (Å²) in [5, 5.41) is 2.76. The summed E-state index contributed by atoms with van der Waals surface area (Å²) < 4.78 is 13.0.